The number of hydrogen-bond acceptors (Lipinski definition) is 0. The van der Waals surface area contributed by atoms with E-state index < -0.39 is 0 Å². The van der Waals surface area contributed by atoms with E-state index in [4.69, 9.17) is 0 Å². The third kappa shape index (κ3) is 0.583. The smallest absolute Gasteiger partial charge is 0.0507 e. The molecule has 0 amide bonds. The van der Waals surface area contributed by atoms with Gasteiger partial charge in [-0.3, -0.25) is 0 Å². The number of allylic oxidation sites excluding steroid dienone is 2. The molecule has 0 unspecified atom stereocenters. The Morgan fingerprint density at radius 2 is 2.10 bits per heavy atom. The molecule has 2 rings (SSSR count). The van der Waals surface area contributed by atoms with Gasteiger partial charge in [0.15, 0.2) is 0 Å². The molecule has 0 aromatic carbocycles. The molecule has 0 heterocycles. The molecule has 0 N–H and O–H groups in total. The van der Waals surface area contributed by atoms with Crippen molar-refractivity contribution in [1.29, 1.82) is 0 Å². The lowest BCUT2D eigenvalue weighted by atomic mass is 10.1. The molecule has 0 aromatic rings. The first-order chi connectivity index (χ1) is 4.62. The van der Waals surface area contributed by atoms with Crippen molar-refractivity contribution in [1.82, 2.24) is 0 Å². The van der Waals surface area contributed by atoms with E-state index in [1.54, 1.807) is 5.57 Å². The fourth-order valence-electron chi connectivity index (χ4n) is 1.68. The molecule has 0 nitrogen and oxygen atoms in total. The summed E-state index contributed by atoms with van der Waals surface area (Å²) in [4.78, 5) is 0. The van der Waals surface area contributed by atoms with Crippen molar-refractivity contribution in [3.8, 4) is 11.8 Å². The Morgan fingerprint density at radius 3 is 2.60 bits per heavy atom. The van der Waals surface area contributed by atoms with Gasteiger partial charge in [-0.2, -0.15) is 0 Å². The molecular formula is C10H12. The lowest BCUT2D eigenvalue weighted by molar-refractivity contribution is 0.636. The molecule has 0 bridgehead atoms. The lowest BCUT2D eigenvalue weighted by Crippen LogP contribution is -1.87. The highest BCUT2D eigenvalue weighted by molar-refractivity contribution is 5.48. The summed E-state index contributed by atoms with van der Waals surface area (Å²) >= 11 is 0. The number of hydrogen-bond donors (Lipinski definition) is 0. The minimum atomic E-state index is 0.414. The van der Waals surface area contributed by atoms with Crippen molar-refractivity contribution in [2.45, 2.75) is 20.8 Å². The van der Waals surface area contributed by atoms with Gasteiger partial charge >= 0.3 is 0 Å². The van der Waals surface area contributed by atoms with Gasteiger partial charge in [-0.05, 0) is 12.5 Å². The van der Waals surface area contributed by atoms with Crippen molar-refractivity contribution >= 4 is 0 Å². The highest BCUT2D eigenvalue weighted by Gasteiger charge is 2.52. The Hall–Kier alpha value is -0.700. The second-order valence-corrected chi connectivity index (χ2v) is 3.85. The minimum absolute atomic E-state index is 0.414. The Kier molecular flexibility index (Phi) is 0.892. The van der Waals surface area contributed by atoms with Gasteiger partial charge in [-0.1, -0.05) is 31.8 Å². The van der Waals surface area contributed by atoms with Crippen LogP contribution in [0.1, 0.15) is 20.8 Å². The molecule has 0 aromatic heterocycles. The largest absolute Gasteiger partial charge is 0.0954 e. The van der Waals surface area contributed by atoms with Crippen LogP contribution in [0.15, 0.2) is 11.6 Å². The zero-order valence-corrected chi connectivity index (χ0v) is 6.73. The third-order valence-electron chi connectivity index (χ3n) is 2.58. The Labute approximate surface area is 62.3 Å². The van der Waals surface area contributed by atoms with E-state index in [9.17, 15) is 0 Å². The van der Waals surface area contributed by atoms with Crippen LogP contribution in [-0.2, 0) is 0 Å². The Bertz CT molecular complexity index is 257. The van der Waals surface area contributed by atoms with Crippen LogP contribution in [0, 0.1) is 29.1 Å². The first-order valence-corrected chi connectivity index (χ1v) is 3.85. The van der Waals surface area contributed by atoms with E-state index in [0.717, 1.165) is 0 Å². The maximum absolute atomic E-state index is 3.28. The molecule has 2 aliphatic rings. The highest BCUT2D eigenvalue weighted by Crippen LogP contribution is 2.58. The molecule has 0 spiro atoms. The summed E-state index contributed by atoms with van der Waals surface area (Å²) in [5.74, 6) is 7.57. The summed E-state index contributed by atoms with van der Waals surface area (Å²) in [6.45, 7) is 6.71. The average molecular weight is 132 g/mol. The second-order valence-electron chi connectivity index (χ2n) is 3.85. The van der Waals surface area contributed by atoms with Gasteiger partial charge in [0.1, 0.15) is 0 Å². The summed E-state index contributed by atoms with van der Waals surface area (Å²) in [7, 11) is 0. The van der Waals surface area contributed by atoms with Crippen LogP contribution in [0.5, 0.6) is 0 Å². The van der Waals surface area contributed by atoms with Gasteiger partial charge in [0.25, 0.3) is 0 Å². The third-order valence-corrected chi connectivity index (χ3v) is 2.58. The van der Waals surface area contributed by atoms with Gasteiger partial charge in [-0.25, -0.2) is 0 Å². The molecule has 2 atom stereocenters. The van der Waals surface area contributed by atoms with Gasteiger partial charge in [0, 0.05) is 11.3 Å². The van der Waals surface area contributed by atoms with E-state index in [2.05, 4.69) is 38.7 Å². The predicted octanol–water partition coefficient (Wildman–Crippen LogP) is 2.22. The minimum Gasteiger partial charge on any atom is -0.0954 e. The molecular weight excluding hydrogens is 120 g/mol. The predicted molar refractivity (Wildman–Crippen MR) is 42.3 cm³/mol. The van der Waals surface area contributed by atoms with Crippen molar-refractivity contribution in [2.75, 3.05) is 0 Å². The van der Waals surface area contributed by atoms with E-state index in [-0.39, 0.29) is 0 Å². The van der Waals surface area contributed by atoms with Crippen molar-refractivity contribution in [2.24, 2.45) is 17.3 Å². The summed E-state index contributed by atoms with van der Waals surface area (Å²) < 4.78 is 0. The van der Waals surface area contributed by atoms with Gasteiger partial charge in [0.05, 0.1) is 5.92 Å². The summed E-state index contributed by atoms with van der Waals surface area (Å²) in [6, 6.07) is 0. The van der Waals surface area contributed by atoms with Crippen LogP contribution in [0.2, 0.25) is 0 Å². The van der Waals surface area contributed by atoms with Gasteiger partial charge in [-0.15, -0.1) is 0 Å². The molecule has 0 heteroatoms. The maximum Gasteiger partial charge on any atom is 0.0507 e. The molecule has 1 fully saturated rings. The molecule has 2 aliphatic carbocycles. The van der Waals surface area contributed by atoms with Crippen LogP contribution in [-0.4, -0.2) is 0 Å². The number of rotatable bonds is 0. The van der Waals surface area contributed by atoms with E-state index in [1.165, 1.54) is 0 Å². The normalized spacial score (nSPS) is 38.9. The fraction of sp³-hybridized carbons (Fsp3) is 0.600. The topological polar surface area (TPSA) is 0 Å². The molecule has 0 aliphatic heterocycles. The van der Waals surface area contributed by atoms with Crippen LogP contribution < -0.4 is 0 Å². The van der Waals surface area contributed by atoms with Crippen LogP contribution >= 0.6 is 0 Å². The standard InChI is InChI=1S/C10H12/c1-7-4-5-8-9(6-7)10(8,2)3/h6-8H,1-3H3/t7-,8+/m0/s1. The van der Waals surface area contributed by atoms with Crippen molar-refractivity contribution < 1.29 is 0 Å². The van der Waals surface area contributed by atoms with Crippen LogP contribution in [0.3, 0.4) is 0 Å². The molecule has 0 saturated heterocycles. The zero-order chi connectivity index (χ0) is 7.35. The zero-order valence-electron chi connectivity index (χ0n) is 6.73. The van der Waals surface area contributed by atoms with E-state index in [1.807, 2.05) is 0 Å². The first-order valence-electron chi connectivity index (χ1n) is 3.85. The van der Waals surface area contributed by atoms with Crippen LogP contribution in [0.4, 0.5) is 0 Å². The molecule has 52 valence electrons. The summed E-state index contributed by atoms with van der Waals surface area (Å²) in [5.41, 5.74) is 1.98. The Morgan fingerprint density at radius 1 is 1.40 bits per heavy atom. The van der Waals surface area contributed by atoms with Crippen LogP contribution in [0.25, 0.3) is 0 Å². The van der Waals surface area contributed by atoms with Crippen molar-refractivity contribution in [3.63, 3.8) is 0 Å². The molecule has 0 radical (unpaired) electrons. The SMILES string of the molecule is C[C@H]1C#C[C@@H]2C(=C1)C2(C)C. The van der Waals surface area contributed by atoms with Crippen molar-refractivity contribution in [3.05, 3.63) is 11.6 Å². The second kappa shape index (κ2) is 1.48. The fourth-order valence-corrected chi connectivity index (χ4v) is 1.68. The molecule has 1 saturated carbocycles. The Balaban J connectivity index is 2.36. The molecule has 10 heavy (non-hydrogen) atoms. The quantitative estimate of drug-likeness (QED) is 0.350. The highest BCUT2D eigenvalue weighted by atomic mass is 14.5. The van der Waals surface area contributed by atoms with Gasteiger partial charge in [0.2, 0.25) is 0 Å². The van der Waals surface area contributed by atoms with E-state index >= 15 is 0 Å². The summed E-state index contributed by atoms with van der Waals surface area (Å²) in [5, 5.41) is 0. The first kappa shape index (κ1) is 6.04. The monoisotopic (exact) mass is 132 g/mol. The summed E-state index contributed by atoms with van der Waals surface area (Å²) in [6.07, 6.45) is 2.32. The number of fused-ring (bicyclic) bond motifs is 1. The maximum atomic E-state index is 3.28. The van der Waals surface area contributed by atoms with E-state index in [0.29, 0.717) is 17.3 Å². The lowest BCUT2D eigenvalue weighted by Gasteiger charge is -1.94. The van der Waals surface area contributed by atoms with Gasteiger partial charge < -0.3 is 0 Å². The average Bonchev–Trinajstić information content (AvgIpc) is 2.36.